The highest BCUT2D eigenvalue weighted by atomic mass is 35.5. The van der Waals surface area contributed by atoms with Gasteiger partial charge in [0.25, 0.3) is 0 Å². The van der Waals surface area contributed by atoms with Crippen LogP contribution in [0.25, 0.3) is 0 Å². The molecular formula is C11H10ClF3O5S. The number of hydrogen-bond donors (Lipinski definition) is 0. The third-order valence-electron chi connectivity index (χ3n) is 2.17. The second kappa shape index (κ2) is 6.52. The van der Waals surface area contributed by atoms with Crippen molar-refractivity contribution >= 4 is 27.7 Å². The molecule has 0 N–H and O–H groups in total. The number of ether oxygens (including phenoxy) is 1. The molecule has 5 nitrogen and oxygen atoms in total. The van der Waals surface area contributed by atoms with E-state index in [1.165, 1.54) is 19.1 Å². The van der Waals surface area contributed by atoms with Gasteiger partial charge < -0.3 is 8.92 Å². The maximum absolute atomic E-state index is 12.2. The lowest BCUT2D eigenvalue weighted by atomic mass is 10.1. The van der Waals surface area contributed by atoms with Crippen molar-refractivity contribution in [2.24, 2.45) is 0 Å². The molecule has 0 atom stereocenters. The predicted molar refractivity (Wildman–Crippen MR) is 67.4 cm³/mol. The lowest BCUT2D eigenvalue weighted by Crippen LogP contribution is -2.28. The average molecular weight is 347 g/mol. The van der Waals surface area contributed by atoms with Gasteiger partial charge >= 0.3 is 21.6 Å². The van der Waals surface area contributed by atoms with Gasteiger partial charge in [0, 0.05) is 13.3 Å². The average Bonchev–Trinajstić information content (AvgIpc) is 2.31. The lowest BCUT2D eigenvalue weighted by Gasteiger charge is -2.11. The molecule has 0 aliphatic carbocycles. The van der Waals surface area contributed by atoms with Crippen LogP contribution >= 0.6 is 11.6 Å². The highest BCUT2D eigenvalue weighted by Crippen LogP contribution is 2.32. The number of carbonyl (C=O) groups excluding carboxylic acids is 1. The summed E-state index contributed by atoms with van der Waals surface area (Å²) in [5.74, 6) is -1.16. The van der Waals surface area contributed by atoms with Crippen LogP contribution < -0.4 is 4.18 Å². The Labute approximate surface area is 123 Å². The fourth-order valence-corrected chi connectivity index (χ4v) is 1.92. The SMILES string of the molecule is CC(=O)OCCc1ccc(Cl)c(OS(=O)(=O)C(F)(F)F)c1. The maximum Gasteiger partial charge on any atom is 0.534 e. The van der Waals surface area contributed by atoms with Crippen LogP contribution in [0.1, 0.15) is 12.5 Å². The molecule has 1 rings (SSSR count). The first kappa shape index (κ1) is 17.6. The van der Waals surface area contributed by atoms with E-state index in [0.29, 0.717) is 5.56 Å². The molecule has 0 saturated carbocycles. The zero-order valence-corrected chi connectivity index (χ0v) is 12.2. The summed E-state index contributed by atoms with van der Waals surface area (Å²) in [7, 11) is -5.79. The van der Waals surface area contributed by atoms with E-state index in [1.54, 1.807) is 0 Å². The van der Waals surface area contributed by atoms with E-state index >= 15 is 0 Å². The van der Waals surface area contributed by atoms with Crippen molar-refractivity contribution in [2.75, 3.05) is 6.61 Å². The van der Waals surface area contributed by atoms with Crippen molar-refractivity contribution in [1.29, 1.82) is 0 Å². The minimum absolute atomic E-state index is 0.0115. The summed E-state index contributed by atoms with van der Waals surface area (Å²) < 4.78 is 67.1. The van der Waals surface area contributed by atoms with Crippen LogP contribution in [-0.2, 0) is 26.1 Å². The Hall–Kier alpha value is -1.48. The zero-order valence-electron chi connectivity index (χ0n) is 10.6. The fourth-order valence-electron chi connectivity index (χ4n) is 1.25. The third-order valence-corrected chi connectivity index (χ3v) is 3.45. The summed E-state index contributed by atoms with van der Waals surface area (Å²) in [6, 6.07) is 3.67. The molecule has 0 unspecified atom stereocenters. The number of esters is 1. The van der Waals surface area contributed by atoms with Crippen molar-refractivity contribution in [2.45, 2.75) is 18.9 Å². The third kappa shape index (κ3) is 5.09. The smallest absolute Gasteiger partial charge is 0.466 e. The Morgan fingerprint density at radius 2 is 1.95 bits per heavy atom. The van der Waals surface area contributed by atoms with E-state index in [9.17, 15) is 26.4 Å². The monoisotopic (exact) mass is 346 g/mol. The second-order valence-corrected chi connectivity index (χ2v) is 5.78. The maximum atomic E-state index is 12.2. The van der Waals surface area contributed by atoms with Gasteiger partial charge in [-0.3, -0.25) is 4.79 Å². The molecule has 0 aliphatic rings. The normalized spacial score (nSPS) is 12.0. The quantitative estimate of drug-likeness (QED) is 0.466. The summed E-state index contributed by atoms with van der Waals surface area (Å²) in [4.78, 5) is 10.6. The summed E-state index contributed by atoms with van der Waals surface area (Å²) in [5.41, 5.74) is -5.16. The van der Waals surface area contributed by atoms with E-state index in [2.05, 4.69) is 8.92 Å². The second-order valence-electron chi connectivity index (χ2n) is 3.84. The molecule has 0 saturated heterocycles. The largest absolute Gasteiger partial charge is 0.534 e. The standard InChI is InChI=1S/C11H10ClF3O5S/c1-7(16)19-5-4-8-2-3-9(12)10(6-8)20-21(17,18)11(13,14)15/h2-3,6H,4-5H2,1H3. The molecule has 0 radical (unpaired) electrons. The summed E-state index contributed by atoms with van der Waals surface area (Å²) in [5, 5.41) is -0.293. The number of hydrogen-bond acceptors (Lipinski definition) is 5. The highest BCUT2D eigenvalue weighted by molar-refractivity contribution is 7.88. The van der Waals surface area contributed by atoms with Crippen molar-refractivity contribution in [1.82, 2.24) is 0 Å². The van der Waals surface area contributed by atoms with Gasteiger partial charge in [-0.15, -0.1) is 0 Å². The van der Waals surface area contributed by atoms with Gasteiger partial charge in [0.2, 0.25) is 0 Å². The van der Waals surface area contributed by atoms with E-state index in [0.717, 1.165) is 6.07 Å². The van der Waals surface area contributed by atoms with Gasteiger partial charge in [-0.05, 0) is 17.7 Å². The van der Waals surface area contributed by atoms with Gasteiger partial charge in [-0.1, -0.05) is 17.7 Å². The van der Waals surface area contributed by atoms with Crippen LogP contribution in [0.3, 0.4) is 0 Å². The van der Waals surface area contributed by atoms with Crippen LogP contribution in [0.5, 0.6) is 5.75 Å². The molecule has 0 amide bonds. The van der Waals surface area contributed by atoms with Crippen LogP contribution in [-0.4, -0.2) is 26.5 Å². The molecule has 0 spiro atoms. The van der Waals surface area contributed by atoms with Crippen molar-refractivity contribution in [3.63, 3.8) is 0 Å². The van der Waals surface area contributed by atoms with E-state index in [1.807, 2.05) is 0 Å². The van der Waals surface area contributed by atoms with Crippen molar-refractivity contribution in [3.05, 3.63) is 28.8 Å². The molecular weight excluding hydrogens is 337 g/mol. The number of carbonyl (C=O) groups is 1. The van der Waals surface area contributed by atoms with Crippen molar-refractivity contribution < 1.29 is 35.3 Å². The van der Waals surface area contributed by atoms with Gasteiger partial charge in [0.1, 0.15) is 0 Å². The van der Waals surface area contributed by atoms with Crippen LogP contribution in [0.2, 0.25) is 5.02 Å². The Balaban J connectivity index is 2.91. The summed E-state index contributed by atoms with van der Waals surface area (Å²) in [6.45, 7) is 1.19. The molecule has 10 heteroatoms. The molecule has 1 aromatic rings. The van der Waals surface area contributed by atoms with E-state index in [4.69, 9.17) is 11.6 Å². The Morgan fingerprint density at radius 1 is 1.33 bits per heavy atom. The van der Waals surface area contributed by atoms with Gasteiger partial charge in [-0.25, -0.2) is 0 Å². The lowest BCUT2D eigenvalue weighted by molar-refractivity contribution is -0.140. The Bertz CT molecular complexity index is 627. The van der Waals surface area contributed by atoms with Crippen LogP contribution in [0.4, 0.5) is 13.2 Å². The van der Waals surface area contributed by atoms with E-state index < -0.39 is 27.3 Å². The van der Waals surface area contributed by atoms with Gasteiger partial charge in [0.05, 0.1) is 11.6 Å². The first-order valence-corrected chi connectivity index (χ1v) is 7.24. The molecule has 1 aromatic carbocycles. The van der Waals surface area contributed by atoms with Gasteiger partial charge in [0.15, 0.2) is 5.75 Å². The molecule has 0 aliphatic heterocycles. The first-order chi connectivity index (χ1) is 9.53. The topological polar surface area (TPSA) is 69.7 Å². The Morgan fingerprint density at radius 3 is 2.48 bits per heavy atom. The molecule has 118 valence electrons. The van der Waals surface area contributed by atoms with Crippen molar-refractivity contribution in [3.8, 4) is 5.75 Å². The summed E-state index contributed by atoms with van der Waals surface area (Å²) in [6.07, 6.45) is 0.166. The van der Waals surface area contributed by atoms with Crippen LogP contribution in [0, 0.1) is 0 Å². The highest BCUT2D eigenvalue weighted by Gasteiger charge is 2.48. The predicted octanol–water partition coefficient (Wildman–Crippen LogP) is 2.67. The molecule has 21 heavy (non-hydrogen) atoms. The number of halogens is 4. The fraction of sp³-hybridized carbons (Fsp3) is 0.364. The zero-order chi connectivity index (χ0) is 16.3. The first-order valence-electron chi connectivity index (χ1n) is 5.45. The number of rotatable bonds is 5. The minimum Gasteiger partial charge on any atom is -0.466 e. The molecule has 0 bridgehead atoms. The van der Waals surface area contributed by atoms with E-state index in [-0.39, 0.29) is 18.1 Å². The molecule has 0 aromatic heterocycles. The Kier molecular flexibility index (Phi) is 5.46. The molecule has 0 heterocycles. The molecule has 0 fully saturated rings. The number of alkyl halides is 3. The summed E-state index contributed by atoms with van der Waals surface area (Å²) >= 11 is 5.59. The number of benzene rings is 1. The van der Waals surface area contributed by atoms with Gasteiger partial charge in [-0.2, -0.15) is 21.6 Å². The van der Waals surface area contributed by atoms with Crippen LogP contribution in [0.15, 0.2) is 18.2 Å². The minimum atomic E-state index is -5.79.